The van der Waals surface area contributed by atoms with Gasteiger partial charge in [0.05, 0.1) is 0 Å². The first-order valence-corrected chi connectivity index (χ1v) is 3.97. The molecule has 4 heteroatoms. The summed E-state index contributed by atoms with van der Waals surface area (Å²) in [6.07, 6.45) is 0.317. The quantitative estimate of drug-likeness (QED) is 0.494. The second-order valence-electron chi connectivity index (χ2n) is 3.16. The molecule has 1 aliphatic rings. The molecule has 0 aromatic rings. The van der Waals surface area contributed by atoms with E-state index in [1.807, 2.05) is 0 Å². The van der Waals surface area contributed by atoms with Crippen molar-refractivity contribution in [3.63, 3.8) is 0 Å². The first-order chi connectivity index (χ1) is 5.53. The predicted octanol–water partition coefficient (Wildman–Crippen LogP) is 0.803. The van der Waals surface area contributed by atoms with E-state index < -0.39 is 17.4 Å². The molecule has 0 amide bonds. The third-order valence-electron chi connectivity index (χ3n) is 2.35. The highest BCUT2D eigenvalue weighted by Gasteiger charge is 2.52. The summed E-state index contributed by atoms with van der Waals surface area (Å²) in [4.78, 5) is 22.0. The highest BCUT2D eigenvalue weighted by atomic mass is 16.6. The summed E-state index contributed by atoms with van der Waals surface area (Å²) in [7, 11) is 0. The van der Waals surface area contributed by atoms with Gasteiger partial charge in [-0.1, -0.05) is 6.92 Å². The maximum absolute atomic E-state index is 11.2. The van der Waals surface area contributed by atoms with Crippen molar-refractivity contribution >= 4 is 11.9 Å². The van der Waals surface area contributed by atoms with Crippen molar-refractivity contribution in [2.45, 2.75) is 32.8 Å². The first kappa shape index (κ1) is 9.03. The van der Waals surface area contributed by atoms with E-state index >= 15 is 0 Å². The summed E-state index contributed by atoms with van der Waals surface area (Å²) in [6, 6.07) is 0. The van der Waals surface area contributed by atoms with Gasteiger partial charge in [-0.25, -0.2) is 0 Å². The van der Waals surface area contributed by atoms with Crippen molar-refractivity contribution in [3.05, 3.63) is 0 Å². The van der Waals surface area contributed by atoms with Gasteiger partial charge in [-0.3, -0.25) is 9.59 Å². The standard InChI is InChI=1S/C8H12O4/c1-3-8(6(9)10)4-5(2)12-7(8)11/h5H,3-4H2,1-2H3,(H,9,10). The van der Waals surface area contributed by atoms with Crippen LogP contribution >= 0.6 is 0 Å². The number of aliphatic carboxylic acids is 1. The average molecular weight is 172 g/mol. The Bertz CT molecular complexity index is 223. The minimum atomic E-state index is -1.28. The second kappa shape index (κ2) is 2.77. The SMILES string of the molecule is CCC1(C(=O)O)CC(C)OC1=O. The zero-order valence-electron chi connectivity index (χ0n) is 7.16. The van der Waals surface area contributed by atoms with Crippen LogP contribution < -0.4 is 0 Å². The fourth-order valence-corrected chi connectivity index (χ4v) is 1.53. The molecule has 0 aromatic carbocycles. The van der Waals surface area contributed by atoms with Crippen LogP contribution in [0.2, 0.25) is 0 Å². The Morgan fingerprint density at radius 1 is 1.83 bits per heavy atom. The van der Waals surface area contributed by atoms with Gasteiger partial charge in [0.2, 0.25) is 0 Å². The van der Waals surface area contributed by atoms with Crippen molar-refractivity contribution < 1.29 is 19.4 Å². The molecule has 0 aliphatic carbocycles. The van der Waals surface area contributed by atoms with Crippen molar-refractivity contribution in [2.24, 2.45) is 5.41 Å². The van der Waals surface area contributed by atoms with E-state index in [2.05, 4.69) is 0 Å². The van der Waals surface area contributed by atoms with Crippen LogP contribution in [-0.2, 0) is 14.3 Å². The highest BCUT2D eigenvalue weighted by Crippen LogP contribution is 2.37. The number of carboxylic acids is 1. The van der Waals surface area contributed by atoms with Gasteiger partial charge in [0, 0.05) is 6.42 Å². The molecule has 0 saturated carbocycles. The maximum atomic E-state index is 11.2. The Hall–Kier alpha value is -1.06. The molecule has 0 aromatic heterocycles. The number of carbonyl (C=O) groups excluding carboxylic acids is 1. The van der Waals surface area contributed by atoms with Gasteiger partial charge in [0.15, 0.2) is 5.41 Å². The number of hydrogen-bond acceptors (Lipinski definition) is 3. The molecule has 12 heavy (non-hydrogen) atoms. The molecule has 1 rings (SSSR count). The van der Waals surface area contributed by atoms with E-state index in [-0.39, 0.29) is 12.5 Å². The molecule has 1 N–H and O–H groups in total. The first-order valence-electron chi connectivity index (χ1n) is 3.97. The summed E-state index contributed by atoms with van der Waals surface area (Å²) in [5, 5.41) is 8.85. The summed E-state index contributed by atoms with van der Waals surface area (Å²) < 4.78 is 4.81. The van der Waals surface area contributed by atoms with Crippen LogP contribution in [0.4, 0.5) is 0 Å². The number of carbonyl (C=O) groups is 2. The number of cyclic esters (lactones) is 1. The number of esters is 1. The van der Waals surface area contributed by atoms with E-state index in [0.29, 0.717) is 6.42 Å². The zero-order chi connectivity index (χ0) is 9.35. The van der Waals surface area contributed by atoms with Crippen LogP contribution in [0.3, 0.4) is 0 Å². The van der Waals surface area contributed by atoms with Gasteiger partial charge in [-0.2, -0.15) is 0 Å². The van der Waals surface area contributed by atoms with E-state index in [1.165, 1.54) is 0 Å². The molecule has 2 atom stereocenters. The van der Waals surface area contributed by atoms with Crippen LogP contribution in [0.5, 0.6) is 0 Å². The largest absolute Gasteiger partial charge is 0.480 e. The summed E-state index contributed by atoms with van der Waals surface area (Å²) >= 11 is 0. The smallest absolute Gasteiger partial charge is 0.323 e. The molecule has 68 valence electrons. The Morgan fingerprint density at radius 2 is 2.42 bits per heavy atom. The fourth-order valence-electron chi connectivity index (χ4n) is 1.53. The van der Waals surface area contributed by atoms with Gasteiger partial charge in [0.25, 0.3) is 0 Å². The van der Waals surface area contributed by atoms with Crippen molar-refractivity contribution in [1.82, 2.24) is 0 Å². The zero-order valence-corrected chi connectivity index (χ0v) is 7.16. The lowest BCUT2D eigenvalue weighted by atomic mass is 9.82. The molecular formula is C8H12O4. The lowest BCUT2D eigenvalue weighted by Gasteiger charge is -2.15. The van der Waals surface area contributed by atoms with Gasteiger partial charge >= 0.3 is 11.9 Å². The molecule has 2 unspecified atom stereocenters. The predicted molar refractivity (Wildman–Crippen MR) is 40.5 cm³/mol. The molecular weight excluding hydrogens is 160 g/mol. The highest BCUT2D eigenvalue weighted by molar-refractivity contribution is 6.00. The van der Waals surface area contributed by atoms with E-state index in [4.69, 9.17) is 9.84 Å². The van der Waals surface area contributed by atoms with Crippen LogP contribution in [-0.4, -0.2) is 23.1 Å². The molecule has 1 heterocycles. The molecule has 1 saturated heterocycles. The van der Waals surface area contributed by atoms with Crippen LogP contribution in [0, 0.1) is 5.41 Å². The average Bonchev–Trinajstić information content (AvgIpc) is 2.26. The van der Waals surface area contributed by atoms with Crippen LogP contribution in [0.15, 0.2) is 0 Å². The summed E-state index contributed by atoms with van der Waals surface area (Å²) in [6.45, 7) is 3.39. The Kier molecular flexibility index (Phi) is 2.08. The monoisotopic (exact) mass is 172 g/mol. The normalized spacial score (nSPS) is 34.8. The maximum Gasteiger partial charge on any atom is 0.323 e. The third kappa shape index (κ3) is 1.07. The summed E-state index contributed by atoms with van der Waals surface area (Å²) in [5.74, 6) is -1.66. The molecule has 0 spiro atoms. The van der Waals surface area contributed by atoms with Crippen molar-refractivity contribution in [1.29, 1.82) is 0 Å². The minimum absolute atomic E-state index is 0.270. The van der Waals surface area contributed by atoms with E-state index in [9.17, 15) is 9.59 Å². The van der Waals surface area contributed by atoms with Crippen LogP contribution in [0.25, 0.3) is 0 Å². The molecule has 1 fully saturated rings. The Labute approximate surface area is 70.5 Å². The lowest BCUT2D eigenvalue weighted by Crippen LogP contribution is -2.34. The minimum Gasteiger partial charge on any atom is -0.480 e. The summed E-state index contributed by atoms with van der Waals surface area (Å²) in [5.41, 5.74) is -1.28. The van der Waals surface area contributed by atoms with Crippen molar-refractivity contribution in [3.8, 4) is 0 Å². The topological polar surface area (TPSA) is 63.6 Å². The van der Waals surface area contributed by atoms with Crippen LogP contribution in [0.1, 0.15) is 26.7 Å². The lowest BCUT2D eigenvalue weighted by molar-refractivity contribution is -0.161. The van der Waals surface area contributed by atoms with Crippen molar-refractivity contribution in [2.75, 3.05) is 0 Å². The molecule has 0 bridgehead atoms. The Morgan fingerprint density at radius 3 is 2.58 bits per heavy atom. The third-order valence-corrected chi connectivity index (χ3v) is 2.35. The van der Waals surface area contributed by atoms with Gasteiger partial charge < -0.3 is 9.84 Å². The van der Waals surface area contributed by atoms with Gasteiger partial charge in [-0.05, 0) is 13.3 Å². The molecule has 0 radical (unpaired) electrons. The molecule has 1 aliphatic heterocycles. The van der Waals surface area contributed by atoms with Gasteiger partial charge in [-0.15, -0.1) is 0 Å². The fraction of sp³-hybridized carbons (Fsp3) is 0.750. The Balaban J connectivity index is 2.94. The second-order valence-corrected chi connectivity index (χ2v) is 3.16. The van der Waals surface area contributed by atoms with E-state index in [1.54, 1.807) is 13.8 Å². The number of rotatable bonds is 2. The number of carboxylic acid groups (broad SMARTS) is 1. The van der Waals surface area contributed by atoms with E-state index in [0.717, 1.165) is 0 Å². The number of hydrogen-bond donors (Lipinski definition) is 1. The van der Waals surface area contributed by atoms with Gasteiger partial charge in [0.1, 0.15) is 6.10 Å². The number of ether oxygens (including phenoxy) is 1. The molecule has 4 nitrogen and oxygen atoms in total.